The predicted octanol–water partition coefficient (Wildman–Crippen LogP) is 3.65. The molecule has 2 aliphatic heterocycles. The zero-order valence-electron chi connectivity index (χ0n) is 20.2. The number of nitrogens with zero attached hydrogens (tertiary/aromatic N) is 2. The van der Waals surface area contributed by atoms with Crippen LogP contribution in [-0.2, 0) is 9.47 Å². The van der Waals surface area contributed by atoms with Gasteiger partial charge in [0, 0.05) is 24.9 Å². The fourth-order valence-corrected chi connectivity index (χ4v) is 4.67. The standard InChI is InChI=1S/C26H30N2O5/c1-25(2)10-9-20-17-12-16(8-11-26(3,4)33-7)23(31-5)13-18(17)21-14-22(29)19(24(30)32-6)15-27(21)28(20)25/h12-15,20H,9-10H2,1-7H3/t20-/m1/s1. The van der Waals surface area contributed by atoms with Gasteiger partial charge in [-0.1, -0.05) is 11.8 Å². The summed E-state index contributed by atoms with van der Waals surface area (Å²) in [6, 6.07) is 5.57. The number of methoxy groups -OCH3 is 3. The summed E-state index contributed by atoms with van der Waals surface area (Å²) < 4.78 is 17.9. The van der Waals surface area contributed by atoms with Gasteiger partial charge in [0.15, 0.2) is 5.43 Å². The third kappa shape index (κ3) is 3.79. The molecule has 7 heteroatoms. The second-order valence-electron chi connectivity index (χ2n) is 9.59. The Hall–Kier alpha value is -3.24. The van der Waals surface area contributed by atoms with Crippen molar-refractivity contribution in [1.82, 2.24) is 4.68 Å². The molecule has 1 fully saturated rings. The Bertz CT molecular complexity index is 1250. The Morgan fingerprint density at radius 3 is 2.55 bits per heavy atom. The van der Waals surface area contributed by atoms with Crippen molar-refractivity contribution in [2.75, 3.05) is 26.3 Å². The smallest absolute Gasteiger partial charge is 0.343 e. The van der Waals surface area contributed by atoms with Crippen LogP contribution in [0.1, 0.15) is 68.1 Å². The van der Waals surface area contributed by atoms with Crippen molar-refractivity contribution in [1.29, 1.82) is 0 Å². The lowest BCUT2D eigenvalue weighted by molar-refractivity contribution is 0.0598. The SMILES string of the molecule is COC(=O)c1cn2c(cc1=O)-c1cc(OC)c(C#CC(C)(C)OC)cc1[C@H]1CCC(C)(C)N12. The molecule has 1 aromatic carbocycles. The van der Waals surface area contributed by atoms with E-state index in [9.17, 15) is 9.59 Å². The molecular formula is C26H30N2O5. The van der Waals surface area contributed by atoms with Crippen molar-refractivity contribution in [2.45, 2.75) is 57.7 Å². The van der Waals surface area contributed by atoms with E-state index in [4.69, 9.17) is 14.2 Å². The van der Waals surface area contributed by atoms with Crippen LogP contribution in [0.5, 0.6) is 5.75 Å². The van der Waals surface area contributed by atoms with Crippen LogP contribution in [0.25, 0.3) is 11.3 Å². The first-order valence-electron chi connectivity index (χ1n) is 11.0. The van der Waals surface area contributed by atoms with Gasteiger partial charge < -0.3 is 14.2 Å². The maximum atomic E-state index is 12.8. The predicted molar refractivity (Wildman–Crippen MR) is 126 cm³/mol. The molecule has 2 aliphatic rings. The number of hydrogen-bond acceptors (Lipinski definition) is 6. The van der Waals surface area contributed by atoms with Crippen LogP contribution >= 0.6 is 0 Å². The first-order chi connectivity index (χ1) is 15.5. The van der Waals surface area contributed by atoms with Gasteiger partial charge in [-0.05, 0) is 58.2 Å². The largest absolute Gasteiger partial charge is 0.495 e. The molecule has 7 nitrogen and oxygen atoms in total. The maximum Gasteiger partial charge on any atom is 0.343 e. The quantitative estimate of drug-likeness (QED) is 0.525. The second-order valence-corrected chi connectivity index (χ2v) is 9.59. The molecule has 174 valence electrons. The molecular weight excluding hydrogens is 420 g/mol. The molecule has 0 amide bonds. The number of carbonyl (C=O) groups is 1. The minimum atomic E-state index is -0.640. The summed E-state index contributed by atoms with van der Waals surface area (Å²) in [5.74, 6) is 6.37. The molecule has 0 saturated carbocycles. The Morgan fingerprint density at radius 1 is 1.18 bits per heavy atom. The summed E-state index contributed by atoms with van der Waals surface area (Å²) in [5.41, 5.74) is 2.34. The number of ether oxygens (including phenoxy) is 3. The third-order valence-corrected chi connectivity index (χ3v) is 6.63. The Balaban J connectivity index is 1.99. The van der Waals surface area contributed by atoms with E-state index in [-0.39, 0.29) is 22.6 Å². The molecule has 3 heterocycles. The van der Waals surface area contributed by atoms with Gasteiger partial charge in [-0.3, -0.25) is 14.5 Å². The zero-order valence-corrected chi connectivity index (χ0v) is 20.2. The summed E-state index contributed by atoms with van der Waals surface area (Å²) in [6.07, 6.45) is 3.50. The van der Waals surface area contributed by atoms with Gasteiger partial charge in [0.25, 0.3) is 0 Å². The highest BCUT2D eigenvalue weighted by molar-refractivity contribution is 5.89. The number of pyridine rings is 1. The Kier molecular flexibility index (Phi) is 5.53. The highest BCUT2D eigenvalue weighted by Gasteiger charge is 2.45. The molecule has 1 atom stereocenters. The van der Waals surface area contributed by atoms with E-state index in [1.54, 1.807) is 20.4 Å². The van der Waals surface area contributed by atoms with E-state index in [1.165, 1.54) is 13.2 Å². The van der Waals surface area contributed by atoms with Gasteiger partial charge in [-0.15, -0.1) is 0 Å². The summed E-state index contributed by atoms with van der Waals surface area (Å²) in [4.78, 5) is 25.1. The fraction of sp³-hybridized carbons (Fsp3) is 0.462. The highest BCUT2D eigenvalue weighted by Crippen LogP contribution is 2.49. The van der Waals surface area contributed by atoms with E-state index in [0.29, 0.717) is 11.4 Å². The van der Waals surface area contributed by atoms with Crippen LogP contribution in [-0.4, -0.2) is 43.1 Å². The van der Waals surface area contributed by atoms with E-state index < -0.39 is 11.6 Å². The average Bonchev–Trinajstić information content (AvgIpc) is 3.11. The van der Waals surface area contributed by atoms with Crippen molar-refractivity contribution >= 4 is 5.97 Å². The highest BCUT2D eigenvalue weighted by atomic mass is 16.5. The lowest BCUT2D eigenvalue weighted by atomic mass is 9.91. The molecule has 1 saturated heterocycles. The average molecular weight is 451 g/mol. The van der Waals surface area contributed by atoms with Crippen molar-refractivity contribution < 1.29 is 19.0 Å². The van der Waals surface area contributed by atoms with Gasteiger partial charge in [-0.25, -0.2) is 4.79 Å². The second kappa shape index (κ2) is 7.96. The van der Waals surface area contributed by atoms with Gasteiger partial charge in [0.05, 0.1) is 37.1 Å². The lowest BCUT2D eigenvalue weighted by Crippen LogP contribution is -2.50. The van der Waals surface area contributed by atoms with Crippen molar-refractivity contribution in [3.63, 3.8) is 0 Å². The van der Waals surface area contributed by atoms with E-state index in [1.807, 2.05) is 24.6 Å². The maximum absolute atomic E-state index is 12.8. The van der Waals surface area contributed by atoms with Crippen LogP contribution in [0.4, 0.5) is 0 Å². The topological polar surface area (TPSA) is 70.0 Å². The first-order valence-corrected chi connectivity index (χ1v) is 11.0. The van der Waals surface area contributed by atoms with Gasteiger partial charge >= 0.3 is 5.97 Å². The van der Waals surface area contributed by atoms with Crippen LogP contribution in [0.2, 0.25) is 0 Å². The molecule has 0 aliphatic carbocycles. The third-order valence-electron chi connectivity index (χ3n) is 6.63. The number of hydrogen-bond donors (Lipinski definition) is 0. The summed E-state index contributed by atoms with van der Waals surface area (Å²) in [6.45, 7) is 8.16. The molecule has 0 unspecified atom stereocenters. The Labute approximate surface area is 194 Å². The number of carbonyl (C=O) groups excluding carboxylic acids is 1. The van der Waals surface area contributed by atoms with Crippen LogP contribution in [0, 0.1) is 11.8 Å². The molecule has 0 N–H and O–H groups in total. The first kappa shape index (κ1) is 22.9. The van der Waals surface area contributed by atoms with Gasteiger partial charge in [0.2, 0.25) is 0 Å². The summed E-state index contributed by atoms with van der Waals surface area (Å²) in [7, 11) is 4.52. The molecule has 33 heavy (non-hydrogen) atoms. The van der Waals surface area contributed by atoms with Gasteiger partial charge in [-0.2, -0.15) is 0 Å². The molecule has 2 aromatic rings. The van der Waals surface area contributed by atoms with E-state index >= 15 is 0 Å². The molecule has 0 bridgehead atoms. The molecule has 4 rings (SSSR count). The van der Waals surface area contributed by atoms with Gasteiger partial charge in [0.1, 0.15) is 16.9 Å². The summed E-state index contributed by atoms with van der Waals surface area (Å²) in [5, 5.41) is 2.25. The van der Waals surface area contributed by atoms with Crippen molar-refractivity contribution in [3.05, 3.63) is 51.3 Å². The van der Waals surface area contributed by atoms with Crippen LogP contribution < -0.4 is 15.2 Å². The number of rotatable bonds is 3. The number of benzene rings is 1. The van der Waals surface area contributed by atoms with Crippen LogP contribution in [0.3, 0.4) is 0 Å². The normalized spacial score (nSPS) is 17.9. The van der Waals surface area contributed by atoms with Crippen molar-refractivity contribution in [3.8, 4) is 28.8 Å². The van der Waals surface area contributed by atoms with Crippen molar-refractivity contribution in [2.24, 2.45) is 0 Å². The molecule has 0 radical (unpaired) electrons. The number of esters is 1. The monoisotopic (exact) mass is 450 g/mol. The van der Waals surface area contributed by atoms with Crippen LogP contribution in [0.15, 0.2) is 29.2 Å². The minimum Gasteiger partial charge on any atom is -0.495 e. The molecule has 1 aromatic heterocycles. The Morgan fingerprint density at radius 2 is 1.91 bits per heavy atom. The van der Waals surface area contributed by atoms with E-state index in [2.05, 4.69) is 36.8 Å². The molecule has 0 spiro atoms. The zero-order chi connectivity index (χ0) is 24.1. The summed E-state index contributed by atoms with van der Waals surface area (Å²) >= 11 is 0. The lowest BCUT2D eigenvalue weighted by Gasteiger charge is -2.44. The number of fused-ring (bicyclic) bond motifs is 6. The number of aromatic nitrogens is 1. The minimum absolute atomic E-state index is 0.0161. The van der Waals surface area contributed by atoms with E-state index in [0.717, 1.165) is 29.5 Å². The fourth-order valence-electron chi connectivity index (χ4n) is 4.67.